The van der Waals surface area contributed by atoms with Crippen LogP contribution in [0, 0.1) is 0 Å². The molecule has 31 heavy (non-hydrogen) atoms. The molecule has 0 saturated carbocycles. The number of ether oxygens (including phenoxy) is 1. The highest BCUT2D eigenvalue weighted by Crippen LogP contribution is 2.41. The standard InChI is InChI=1S/C23H26N2O5S/c1-15-20-19(26)11-10-18-21(20)16(12-13-24(15)22(27)30-23(2,3)4)14-25(18)31(28,29)17-8-6-5-7-9-17/h5-11,14-15,26H,12-13H2,1-4H3. The van der Waals surface area contributed by atoms with Crippen molar-refractivity contribution in [3.8, 4) is 5.75 Å². The van der Waals surface area contributed by atoms with Gasteiger partial charge in [-0.05, 0) is 63.9 Å². The van der Waals surface area contributed by atoms with Crippen molar-refractivity contribution in [3.05, 3.63) is 59.8 Å². The second-order valence-electron chi connectivity index (χ2n) is 8.76. The molecule has 1 atom stereocenters. The van der Waals surface area contributed by atoms with Crippen molar-refractivity contribution in [3.63, 3.8) is 0 Å². The summed E-state index contributed by atoms with van der Waals surface area (Å²) in [5.41, 5.74) is 1.12. The van der Waals surface area contributed by atoms with Gasteiger partial charge in [-0.2, -0.15) is 0 Å². The number of rotatable bonds is 2. The molecule has 3 aromatic rings. The third-order valence-electron chi connectivity index (χ3n) is 5.47. The van der Waals surface area contributed by atoms with E-state index >= 15 is 0 Å². The van der Waals surface area contributed by atoms with Crippen LogP contribution in [0.5, 0.6) is 5.75 Å². The number of aromatic nitrogens is 1. The fraction of sp³-hybridized carbons (Fsp3) is 0.348. The first-order valence-corrected chi connectivity index (χ1v) is 11.6. The van der Waals surface area contributed by atoms with Crippen LogP contribution in [0.1, 0.15) is 44.9 Å². The van der Waals surface area contributed by atoms with E-state index in [2.05, 4.69) is 0 Å². The summed E-state index contributed by atoms with van der Waals surface area (Å²) in [4.78, 5) is 14.6. The molecule has 2 heterocycles. The molecular weight excluding hydrogens is 416 g/mol. The Labute approximate surface area is 181 Å². The number of amides is 1. The van der Waals surface area contributed by atoms with Crippen molar-refractivity contribution in [2.75, 3.05) is 6.54 Å². The number of carbonyl (C=O) groups excluding carboxylic acids is 1. The van der Waals surface area contributed by atoms with Gasteiger partial charge in [0.15, 0.2) is 0 Å². The van der Waals surface area contributed by atoms with E-state index in [9.17, 15) is 18.3 Å². The van der Waals surface area contributed by atoms with E-state index in [1.807, 2.05) is 6.92 Å². The average Bonchev–Trinajstić information content (AvgIpc) is 2.99. The predicted molar refractivity (Wildman–Crippen MR) is 118 cm³/mol. The first-order chi connectivity index (χ1) is 14.5. The molecule has 2 aromatic carbocycles. The van der Waals surface area contributed by atoms with Gasteiger partial charge in [0, 0.05) is 23.7 Å². The molecular formula is C23H26N2O5S. The van der Waals surface area contributed by atoms with Gasteiger partial charge in [-0.3, -0.25) is 0 Å². The number of phenols is 1. The molecule has 0 spiro atoms. The van der Waals surface area contributed by atoms with E-state index in [0.717, 1.165) is 5.56 Å². The lowest BCUT2D eigenvalue weighted by atomic mass is 10.00. The third kappa shape index (κ3) is 3.65. The Morgan fingerprint density at radius 1 is 1.13 bits per heavy atom. The highest BCUT2D eigenvalue weighted by molar-refractivity contribution is 7.90. The second-order valence-corrected chi connectivity index (χ2v) is 10.6. The first kappa shape index (κ1) is 21.2. The van der Waals surface area contributed by atoms with Crippen LogP contribution in [0.2, 0.25) is 0 Å². The Hall–Kier alpha value is -3.00. The molecule has 0 radical (unpaired) electrons. The van der Waals surface area contributed by atoms with E-state index in [4.69, 9.17) is 4.74 Å². The number of hydrogen-bond acceptors (Lipinski definition) is 5. The highest BCUT2D eigenvalue weighted by atomic mass is 32.2. The summed E-state index contributed by atoms with van der Waals surface area (Å²) in [6.07, 6.45) is 1.57. The van der Waals surface area contributed by atoms with Crippen molar-refractivity contribution in [1.29, 1.82) is 0 Å². The fourth-order valence-corrected chi connectivity index (χ4v) is 5.48. The molecule has 1 N–H and O–H groups in total. The molecule has 0 saturated heterocycles. The minimum atomic E-state index is -3.81. The molecule has 1 unspecified atom stereocenters. The summed E-state index contributed by atoms with van der Waals surface area (Å²) >= 11 is 0. The fourth-order valence-electron chi connectivity index (χ4n) is 4.07. The first-order valence-electron chi connectivity index (χ1n) is 10.2. The number of aromatic hydroxyl groups is 1. The monoisotopic (exact) mass is 442 g/mol. The molecule has 1 aliphatic rings. The van der Waals surface area contributed by atoms with Crippen molar-refractivity contribution in [2.45, 2.75) is 50.7 Å². The lowest BCUT2D eigenvalue weighted by Gasteiger charge is -2.31. The number of carbonyl (C=O) groups is 1. The van der Waals surface area contributed by atoms with Gasteiger partial charge in [0.2, 0.25) is 0 Å². The quantitative estimate of drug-likeness (QED) is 0.634. The van der Waals surface area contributed by atoms with Crippen molar-refractivity contribution >= 4 is 27.0 Å². The summed E-state index contributed by atoms with van der Waals surface area (Å²) in [5, 5.41) is 11.4. The maximum absolute atomic E-state index is 13.3. The van der Waals surface area contributed by atoms with Crippen LogP contribution < -0.4 is 0 Å². The minimum absolute atomic E-state index is 0.0200. The van der Waals surface area contributed by atoms with Crippen molar-refractivity contribution < 1.29 is 23.1 Å². The minimum Gasteiger partial charge on any atom is -0.508 e. The molecule has 4 rings (SSSR count). The number of phenolic OH excluding ortho intramolecular Hbond substituents is 1. The molecule has 0 fully saturated rings. The van der Waals surface area contributed by atoms with Gasteiger partial charge in [0.25, 0.3) is 10.0 Å². The van der Waals surface area contributed by atoms with Gasteiger partial charge in [-0.15, -0.1) is 0 Å². The van der Waals surface area contributed by atoms with Crippen LogP contribution in [-0.2, 0) is 21.2 Å². The Morgan fingerprint density at radius 2 is 1.81 bits per heavy atom. The zero-order chi connectivity index (χ0) is 22.6. The molecule has 0 aliphatic carbocycles. The normalized spacial score (nSPS) is 16.9. The van der Waals surface area contributed by atoms with E-state index in [1.54, 1.807) is 68.3 Å². The van der Waals surface area contributed by atoms with Crippen LogP contribution >= 0.6 is 0 Å². The summed E-state index contributed by atoms with van der Waals surface area (Å²) in [6.45, 7) is 7.57. The van der Waals surface area contributed by atoms with E-state index in [0.29, 0.717) is 29.4 Å². The lowest BCUT2D eigenvalue weighted by Crippen LogP contribution is -2.39. The van der Waals surface area contributed by atoms with E-state index in [-0.39, 0.29) is 10.6 Å². The zero-order valence-corrected chi connectivity index (χ0v) is 18.8. The second kappa shape index (κ2) is 7.30. The molecule has 1 amide bonds. The molecule has 164 valence electrons. The molecule has 1 aromatic heterocycles. The smallest absolute Gasteiger partial charge is 0.410 e. The van der Waals surface area contributed by atoms with E-state index in [1.165, 1.54) is 10.0 Å². The predicted octanol–water partition coefficient (Wildman–Crippen LogP) is 4.44. The maximum atomic E-state index is 13.3. The van der Waals surface area contributed by atoms with Crippen molar-refractivity contribution in [1.82, 2.24) is 8.87 Å². The SMILES string of the molecule is CC1c2c(O)ccc3c2c(cn3S(=O)(=O)c2ccccc2)CCN1C(=O)OC(C)(C)C. The molecule has 0 bridgehead atoms. The van der Waals surface area contributed by atoms with Gasteiger partial charge in [-0.25, -0.2) is 17.2 Å². The largest absolute Gasteiger partial charge is 0.508 e. The van der Waals surface area contributed by atoms with Crippen LogP contribution in [0.15, 0.2) is 53.6 Å². The topological polar surface area (TPSA) is 88.8 Å². The Bertz CT molecular complexity index is 1260. The number of hydrogen-bond donors (Lipinski definition) is 1. The molecule has 1 aliphatic heterocycles. The Kier molecular flexibility index (Phi) is 5.00. The van der Waals surface area contributed by atoms with Crippen LogP contribution in [0.25, 0.3) is 10.9 Å². The van der Waals surface area contributed by atoms with Gasteiger partial charge in [-0.1, -0.05) is 18.2 Å². The number of nitrogens with zero attached hydrogens (tertiary/aromatic N) is 2. The number of benzene rings is 2. The summed E-state index contributed by atoms with van der Waals surface area (Å²) in [6, 6.07) is 10.8. The van der Waals surface area contributed by atoms with Gasteiger partial charge >= 0.3 is 6.09 Å². The molecule has 7 nitrogen and oxygen atoms in total. The summed E-state index contributed by atoms with van der Waals surface area (Å²) in [7, 11) is -3.81. The van der Waals surface area contributed by atoms with Gasteiger partial charge in [0.05, 0.1) is 16.5 Å². The van der Waals surface area contributed by atoms with Crippen LogP contribution in [0.4, 0.5) is 4.79 Å². The third-order valence-corrected chi connectivity index (χ3v) is 7.16. The molecule has 8 heteroatoms. The zero-order valence-electron chi connectivity index (χ0n) is 18.0. The van der Waals surface area contributed by atoms with Gasteiger partial charge < -0.3 is 14.7 Å². The Morgan fingerprint density at radius 3 is 2.45 bits per heavy atom. The average molecular weight is 443 g/mol. The maximum Gasteiger partial charge on any atom is 0.410 e. The van der Waals surface area contributed by atoms with E-state index < -0.39 is 27.8 Å². The van der Waals surface area contributed by atoms with Crippen LogP contribution in [-0.4, -0.2) is 40.6 Å². The van der Waals surface area contributed by atoms with Crippen molar-refractivity contribution in [2.24, 2.45) is 0 Å². The Balaban J connectivity index is 1.87. The lowest BCUT2D eigenvalue weighted by molar-refractivity contribution is 0.0179. The summed E-state index contributed by atoms with van der Waals surface area (Å²) < 4.78 is 33.4. The van der Waals surface area contributed by atoms with Crippen LogP contribution in [0.3, 0.4) is 0 Å². The summed E-state index contributed by atoms with van der Waals surface area (Å²) in [5.74, 6) is 0.0200. The highest BCUT2D eigenvalue weighted by Gasteiger charge is 2.34. The van der Waals surface area contributed by atoms with Gasteiger partial charge in [0.1, 0.15) is 11.4 Å².